The van der Waals surface area contributed by atoms with Crippen LogP contribution in [0.15, 0.2) is 176 Å². The second kappa shape index (κ2) is 11.3. The Kier molecular flexibility index (Phi) is 6.36. The highest BCUT2D eigenvalue weighted by molar-refractivity contribution is 7.26. The van der Waals surface area contributed by atoms with E-state index in [1.165, 1.54) is 101 Å². The monoisotopic (exact) mass is 683 g/mol. The van der Waals surface area contributed by atoms with Crippen LogP contribution in [0.3, 0.4) is 0 Å². The molecule has 0 atom stereocenters. The van der Waals surface area contributed by atoms with Crippen LogP contribution in [0.5, 0.6) is 0 Å². The Hall–Kier alpha value is -6.00. The summed E-state index contributed by atoms with van der Waals surface area (Å²) in [5, 5.41) is 7.81. The van der Waals surface area contributed by atoms with Gasteiger partial charge in [-0.3, -0.25) is 0 Å². The van der Waals surface area contributed by atoms with Crippen molar-refractivity contribution in [2.24, 2.45) is 0 Å². The van der Waals surface area contributed by atoms with Crippen molar-refractivity contribution >= 4 is 84.8 Å². The molecular formula is C48H29NS2. The number of rotatable bonds is 4. The fraction of sp³-hybridized carbons (Fsp3) is 0. The SMILES string of the molecule is c1ccc(-c2ccc3c(c2)c2cc(-c4ccccc4)ccc2n3-c2cccc3sc4ccc(-c5cccc6sc7ccccc7c56)cc4c23)cc1. The van der Waals surface area contributed by atoms with Crippen LogP contribution in [0.1, 0.15) is 0 Å². The van der Waals surface area contributed by atoms with Crippen LogP contribution >= 0.6 is 22.7 Å². The van der Waals surface area contributed by atoms with E-state index in [0.717, 1.165) is 0 Å². The number of hydrogen-bond acceptors (Lipinski definition) is 2. The molecule has 11 aromatic rings. The molecule has 11 rings (SSSR count). The molecule has 8 aromatic carbocycles. The van der Waals surface area contributed by atoms with Crippen molar-refractivity contribution in [2.75, 3.05) is 0 Å². The molecule has 0 radical (unpaired) electrons. The number of hydrogen-bond donors (Lipinski definition) is 0. The maximum atomic E-state index is 2.50. The Morgan fingerprint density at radius 3 is 1.53 bits per heavy atom. The number of nitrogens with zero attached hydrogens (tertiary/aromatic N) is 1. The van der Waals surface area contributed by atoms with E-state index in [9.17, 15) is 0 Å². The standard InChI is InChI=1S/C48H29NS2/c1-3-11-30(12-4-1)32-21-24-40-37(27-32)38-28-33(31-13-5-2-6-14-31)22-25-41(38)49(40)42-17-10-20-46-48(42)39-29-34(23-26-44(39)51-46)35-16-9-19-45-47(35)36-15-7-8-18-43(36)50-45/h1-29H. The zero-order valence-electron chi connectivity index (χ0n) is 27.5. The van der Waals surface area contributed by atoms with Crippen molar-refractivity contribution in [3.63, 3.8) is 0 Å². The number of fused-ring (bicyclic) bond motifs is 9. The van der Waals surface area contributed by atoms with Gasteiger partial charge >= 0.3 is 0 Å². The van der Waals surface area contributed by atoms with Gasteiger partial charge in [-0.1, -0.05) is 115 Å². The Balaban J connectivity index is 1.19. The summed E-state index contributed by atoms with van der Waals surface area (Å²) in [5.74, 6) is 0. The zero-order chi connectivity index (χ0) is 33.5. The molecule has 0 saturated heterocycles. The molecule has 0 aliphatic rings. The van der Waals surface area contributed by atoms with Crippen LogP contribution in [0.25, 0.3) is 101 Å². The first-order valence-electron chi connectivity index (χ1n) is 17.3. The third-order valence-corrected chi connectivity index (χ3v) is 12.7. The summed E-state index contributed by atoms with van der Waals surface area (Å²) < 4.78 is 7.78. The molecule has 0 spiro atoms. The van der Waals surface area contributed by atoms with Gasteiger partial charge in [0.05, 0.1) is 16.7 Å². The van der Waals surface area contributed by atoms with Crippen molar-refractivity contribution in [3.05, 3.63) is 176 Å². The van der Waals surface area contributed by atoms with E-state index in [1.807, 2.05) is 22.7 Å². The lowest BCUT2D eigenvalue weighted by atomic mass is 9.98. The largest absolute Gasteiger partial charge is 0.309 e. The van der Waals surface area contributed by atoms with Crippen molar-refractivity contribution in [2.45, 2.75) is 0 Å². The molecule has 3 aromatic heterocycles. The number of benzene rings is 8. The average molecular weight is 684 g/mol. The molecule has 0 aliphatic carbocycles. The van der Waals surface area contributed by atoms with Crippen LogP contribution < -0.4 is 0 Å². The van der Waals surface area contributed by atoms with Gasteiger partial charge in [-0.2, -0.15) is 0 Å². The smallest absolute Gasteiger partial charge is 0.0555 e. The van der Waals surface area contributed by atoms with Crippen molar-refractivity contribution in [3.8, 4) is 39.1 Å². The summed E-state index contributed by atoms with van der Waals surface area (Å²) >= 11 is 3.76. The second-order valence-electron chi connectivity index (χ2n) is 13.3. The molecular weight excluding hydrogens is 655 g/mol. The average Bonchev–Trinajstić information content (AvgIpc) is 3.87. The first-order chi connectivity index (χ1) is 25.3. The molecule has 0 aliphatic heterocycles. The fourth-order valence-corrected chi connectivity index (χ4v) is 10.3. The quantitative estimate of drug-likeness (QED) is 0.174. The van der Waals surface area contributed by atoms with E-state index in [1.54, 1.807) is 0 Å². The van der Waals surface area contributed by atoms with Gasteiger partial charge in [-0.15, -0.1) is 22.7 Å². The highest BCUT2D eigenvalue weighted by Crippen LogP contribution is 2.45. The molecule has 0 bridgehead atoms. The van der Waals surface area contributed by atoms with Gasteiger partial charge in [0.15, 0.2) is 0 Å². The van der Waals surface area contributed by atoms with Gasteiger partial charge in [-0.05, 0) is 94.0 Å². The van der Waals surface area contributed by atoms with E-state index in [-0.39, 0.29) is 0 Å². The molecule has 0 fully saturated rings. The molecule has 0 saturated carbocycles. The fourth-order valence-electron chi connectivity index (χ4n) is 8.08. The Morgan fingerprint density at radius 2 is 0.843 bits per heavy atom. The van der Waals surface area contributed by atoms with E-state index >= 15 is 0 Å². The van der Waals surface area contributed by atoms with Gasteiger partial charge in [0.1, 0.15) is 0 Å². The van der Waals surface area contributed by atoms with Crippen LogP contribution in [0, 0.1) is 0 Å². The van der Waals surface area contributed by atoms with E-state index in [2.05, 4.69) is 180 Å². The lowest BCUT2D eigenvalue weighted by Crippen LogP contribution is -1.94. The minimum absolute atomic E-state index is 1.22. The van der Waals surface area contributed by atoms with Gasteiger partial charge in [-0.25, -0.2) is 0 Å². The maximum Gasteiger partial charge on any atom is 0.0555 e. The highest BCUT2D eigenvalue weighted by Gasteiger charge is 2.19. The highest BCUT2D eigenvalue weighted by atomic mass is 32.1. The third kappa shape index (κ3) is 4.45. The van der Waals surface area contributed by atoms with Gasteiger partial charge in [0.25, 0.3) is 0 Å². The summed E-state index contributed by atoms with van der Waals surface area (Å²) in [6, 6.07) is 64.9. The maximum absolute atomic E-state index is 2.50. The second-order valence-corrected chi connectivity index (χ2v) is 15.4. The molecule has 0 unspecified atom stereocenters. The third-order valence-electron chi connectivity index (χ3n) is 10.4. The topological polar surface area (TPSA) is 4.93 Å². The van der Waals surface area contributed by atoms with Crippen LogP contribution in [0.2, 0.25) is 0 Å². The molecule has 0 N–H and O–H groups in total. The summed E-state index contributed by atoms with van der Waals surface area (Å²) in [6.07, 6.45) is 0. The summed E-state index contributed by atoms with van der Waals surface area (Å²) in [4.78, 5) is 0. The minimum Gasteiger partial charge on any atom is -0.309 e. The lowest BCUT2D eigenvalue weighted by Gasteiger charge is -2.12. The molecule has 3 heteroatoms. The van der Waals surface area contributed by atoms with Crippen molar-refractivity contribution < 1.29 is 0 Å². The first-order valence-corrected chi connectivity index (χ1v) is 19.0. The summed E-state index contributed by atoms with van der Waals surface area (Å²) in [7, 11) is 0. The Labute approximate surface area is 302 Å². The van der Waals surface area contributed by atoms with E-state index in [0.29, 0.717) is 0 Å². The van der Waals surface area contributed by atoms with Gasteiger partial charge in [0.2, 0.25) is 0 Å². The van der Waals surface area contributed by atoms with Crippen molar-refractivity contribution in [1.82, 2.24) is 4.57 Å². The van der Waals surface area contributed by atoms with E-state index < -0.39 is 0 Å². The Morgan fingerprint density at radius 1 is 0.314 bits per heavy atom. The van der Waals surface area contributed by atoms with Crippen molar-refractivity contribution in [1.29, 1.82) is 0 Å². The molecule has 1 nitrogen and oxygen atoms in total. The summed E-state index contributed by atoms with van der Waals surface area (Å²) in [6.45, 7) is 0. The first kappa shape index (κ1) is 28.8. The molecule has 238 valence electrons. The van der Waals surface area contributed by atoms with Gasteiger partial charge in [0, 0.05) is 51.1 Å². The van der Waals surface area contributed by atoms with Gasteiger partial charge < -0.3 is 4.57 Å². The summed E-state index contributed by atoms with van der Waals surface area (Å²) in [5.41, 5.74) is 11.1. The van der Waals surface area contributed by atoms with Crippen LogP contribution in [0.4, 0.5) is 0 Å². The van der Waals surface area contributed by atoms with Crippen LogP contribution in [-0.4, -0.2) is 4.57 Å². The number of thiophene rings is 2. The van der Waals surface area contributed by atoms with Crippen LogP contribution in [-0.2, 0) is 0 Å². The zero-order valence-corrected chi connectivity index (χ0v) is 29.1. The minimum atomic E-state index is 1.22. The van der Waals surface area contributed by atoms with E-state index in [4.69, 9.17) is 0 Å². The lowest BCUT2D eigenvalue weighted by molar-refractivity contribution is 1.20. The molecule has 3 heterocycles. The molecule has 51 heavy (non-hydrogen) atoms. The predicted molar refractivity (Wildman–Crippen MR) is 223 cm³/mol. The molecule has 0 amide bonds. The predicted octanol–water partition coefficient (Wildman–Crippen LogP) is 14.5. The number of aromatic nitrogens is 1. The Bertz CT molecular complexity index is 3030. The normalized spacial score (nSPS) is 11.9.